The molecule has 0 aliphatic heterocycles. The normalized spacial score (nSPS) is 11.5. The van der Waals surface area contributed by atoms with Crippen LogP contribution in [0.1, 0.15) is 43.5 Å². The van der Waals surface area contributed by atoms with Crippen molar-refractivity contribution in [2.45, 2.75) is 39.7 Å². The molecule has 0 saturated heterocycles. The van der Waals surface area contributed by atoms with Gasteiger partial charge in [0, 0.05) is 23.4 Å². The van der Waals surface area contributed by atoms with Gasteiger partial charge < -0.3 is 9.63 Å². The predicted octanol–water partition coefficient (Wildman–Crippen LogP) is 5.40. The van der Waals surface area contributed by atoms with Crippen molar-refractivity contribution in [3.8, 4) is 5.75 Å². The van der Waals surface area contributed by atoms with Gasteiger partial charge in [-0.1, -0.05) is 42.7 Å². The van der Waals surface area contributed by atoms with E-state index < -0.39 is 0 Å². The van der Waals surface area contributed by atoms with Crippen molar-refractivity contribution in [1.82, 2.24) is 10.1 Å². The lowest BCUT2D eigenvalue weighted by atomic mass is 10.0. The minimum absolute atomic E-state index is 0.267. The number of phenols is 1. The molecular formula is C21H25ClN2O2. The molecule has 0 amide bonds. The smallest absolute Gasteiger partial charge is 0.175 e. The number of rotatable bonds is 8. The molecule has 1 heterocycles. The Bertz CT molecular complexity index is 852. The second-order valence-corrected chi connectivity index (χ2v) is 7.09. The van der Waals surface area contributed by atoms with Crippen LogP contribution in [0.2, 0.25) is 5.02 Å². The largest absolute Gasteiger partial charge is 0.507 e. The van der Waals surface area contributed by atoms with Gasteiger partial charge in [0.05, 0.1) is 11.3 Å². The van der Waals surface area contributed by atoms with E-state index in [-0.39, 0.29) is 5.75 Å². The van der Waals surface area contributed by atoms with Crippen molar-refractivity contribution in [2.24, 2.45) is 0 Å². The standard InChI is InChI=1S/C21H25ClN2O2/c1-3-11-24(12-4-2)14-18-20(25)10-9-17-19(23-26-21(17)18)13-15-5-7-16(22)8-6-15/h5-10,25H,3-4,11-14H2,1-2H3. The van der Waals surface area contributed by atoms with Crippen molar-refractivity contribution in [1.29, 1.82) is 0 Å². The van der Waals surface area contributed by atoms with Crippen LogP contribution in [0.5, 0.6) is 5.75 Å². The molecule has 1 N–H and O–H groups in total. The fraction of sp³-hybridized carbons (Fsp3) is 0.381. The number of halogens is 1. The van der Waals surface area contributed by atoms with Crippen LogP contribution in [0.3, 0.4) is 0 Å². The third kappa shape index (κ3) is 4.19. The summed E-state index contributed by atoms with van der Waals surface area (Å²) in [5.41, 5.74) is 3.50. The highest BCUT2D eigenvalue weighted by Crippen LogP contribution is 2.31. The highest BCUT2D eigenvalue weighted by Gasteiger charge is 2.18. The summed E-state index contributed by atoms with van der Waals surface area (Å²) in [6.45, 7) is 6.99. The number of benzene rings is 2. The van der Waals surface area contributed by atoms with Gasteiger partial charge in [-0.25, -0.2) is 0 Å². The number of hydrogen-bond acceptors (Lipinski definition) is 4. The first-order valence-corrected chi connectivity index (χ1v) is 9.56. The van der Waals surface area contributed by atoms with Gasteiger partial charge in [0.15, 0.2) is 5.58 Å². The molecule has 0 saturated carbocycles. The van der Waals surface area contributed by atoms with E-state index in [0.29, 0.717) is 18.5 Å². The molecule has 0 aliphatic rings. The summed E-state index contributed by atoms with van der Waals surface area (Å²) in [7, 11) is 0. The maximum absolute atomic E-state index is 10.4. The third-order valence-corrected chi connectivity index (χ3v) is 4.79. The van der Waals surface area contributed by atoms with Crippen LogP contribution in [-0.4, -0.2) is 28.3 Å². The summed E-state index contributed by atoms with van der Waals surface area (Å²) in [4.78, 5) is 2.34. The second kappa shape index (κ2) is 8.56. The van der Waals surface area contributed by atoms with Crippen molar-refractivity contribution < 1.29 is 9.63 Å². The van der Waals surface area contributed by atoms with Gasteiger partial charge in [-0.3, -0.25) is 4.90 Å². The van der Waals surface area contributed by atoms with E-state index >= 15 is 0 Å². The summed E-state index contributed by atoms with van der Waals surface area (Å²) in [5.74, 6) is 0.267. The SMILES string of the molecule is CCCN(CCC)Cc1c(O)ccc2c(Cc3ccc(Cl)cc3)noc12. The van der Waals surface area contributed by atoms with Gasteiger partial charge in [-0.2, -0.15) is 0 Å². The highest BCUT2D eigenvalue weighted by molar-refractivity contribution is 6.30. The van der Waals surface area contributed by atoms with Crippen LogP contribution in [0.25, 0.3) is 11.0 Å². The minimum atomic E-state index is 0.267. The first-order valence-electron chi connectivity index (χ1n) is 9.18. The average Bonchev–Trinajstić information content (AvgIpc) is 3.03. The summed E-state index contributed by atoms with van der Waals surface area (Å²) < 4.78 is 5.65. The lowest BCUT2D eigenvalue weighted by Gasteiger charge is -2.21. The molecular weight excluding hydrogens is 348 g/mol. The van der Waals surface area contributed by atoms with Crippen LogP contribution >= 0.6 is 11.6 Å². The molecule has 0 aliphatic carbocycles. The molecule has 26 heavy (non-hydrogen) atoms. The maximum atomic E-state index is 10.4. The van der Waals surface area contributed by atoms with E-state index in [2.05, 4.69) is 23.9 Å². The maximum Gasteiger partial charge on any atom is 0.175 e. The highest BCUT2D eigenvalue weighted by atomic mass is 35.5. The molecule has 0 fully saturated rings. The second-order valence-electron chi connectivity index (χ2n) is 6.65. The van der Waals surface area contributed by atoms with Gasteiger partial charge in [0.2, 0.25) is 0 Å². The number of phenolic OH excluding ortho intramolecular Hbond substituents is 1. The van der Waals surface area contributed by atoms with Gasteiger partial charge in [0.1, 0.15) is 5.75 Å². The zero-order valence-electron chi connectivity index (χ0n) is 15.3. The van der Waals surface area contributed by atoms with Gasteiger partial charge in [0.25, 0.3) is 0 Å². The van der Waals surface area contributed by atoms with E-state index in [1.165, 1.54) is 0 Å². The molecule has 5 heteroatoms. The van der Waals surface area contributed by atoms with Crippen molar-refractivity contribution in [2.75, 3.05) is 13.1 Å². The quantitative estimate of drug-likeness (QED) is 0.575. The van der Waals surface area contributed by atoms with Gasteiger partial charge >= 0.3 is 0 Å². The van der Waals surface area contributed by atoms with Crippen LogP contribution in [0, 0.1) is 0 Å². The van der Waals surface area contributed by atoms with E-state index in [9.17, 15) is 5.11 Å². The zero-order chi connectivity index (χ0) is 18.5. The van der Waals surface area contributed by atoms with Crippen molar-refractivity contribution in [3.63, 3.8) is 0 Å². The summed E-state index contributed by atoms with van der Waals surface area (Å²) in [6, 6.07) is 11.4. The summed E-state index contributed by atoms with van der Waals surface area (Å²) >= 11 is 5.96. The molecule has 0 spiro atoms. The molecule has 3 rings (SSSR count). The molecule has 2 aromatic carbocycles. The van der Waals surface area contributed by atoms with Gasteiger partial charge in [-0.15, -0.1) is 0 Å². The van der Waals surface area contributed by atoms with Crippen LogP contribution < -0.4 is 0 Å². The lowest BCUT2D eigenvalue weighted by Crippen LogP contribution is -2.25. The Hall–Kier alpha value is -2.04. The van der Waals surface area contributed by atoms with Crippen LogP contribution in [0.4, 0.5) is 0 Å². The van der Waals surface area contributed by atoms with E-state index in [1.54, 1.807) is 6.07 Å². The molecule has 4 nitrogen and oxygen atoms in total. The molecule has 138 valence electrons. The first-order chi connectivity index (χ1) is 12.6. The Labute approximate surface area is 159 Å². The monoisotopic (exact) mass is 372 g/mol. The van der Waals surface area contributed by atoms with E-state index in [0.717, 1.165) is 53.2 Å². The summed E-state index contributed by atoms with van der Waals surface area (Å²) in [6.07, 6.45) is 2.83. The number of nitrogens with zero attached hydrogens (tertiary/aromatic N) is 2. The van der Waals surface area contributed by atoms with Gasteiger partial charge in [-0.05, 0) is 55.8 Å². The fourth-order valence-corrected chi connectivity index (χ4v) is 3.43. The predicted molar refractivity (Wildman–Crippen MR) is 106 cm³/mol. The number of fused-ring (bicyclic) bond motifs is 1. The van der Waals surface area contributed by atoms with E-state index in [1.807, 2.05) is 30.3 Å². The molecule has 0 unspecified atom stereocenters. The third-order valence-electron chi connectivity index (χ3n) is 4.54. The lowest BCUT2D eigenvalue weighted by molar-refractivity contribution is 0.262. The Balaban J connectivity index is 1.91. The molecule has 3 aromatic rings. The zero-order valence-corrected chi connectivity index (χ0v) is 16.1. The topological polar surface area (TPSA) is 49.5 Å². The Morgan fingerprint density at radius 1 is 1.04 bits per heavy atom. The van der Waals surface area contributed by atoms with Crippen molar-refractivity contribution in [3.05, 3.63) is 58.2 Å². The number of hydrogen-bond donors (Lipinski definition) is 1. The molecule has 1 aromatic heterocycles. The first kappa shape index (κ1) is 18.7. The Kier molecular flexibility index (Phi) is 6.17. The number of aromatic nitrogens is 1. The fourth-order valence-electron chi connectivity index (χ4n) is 3.30. The van der Waals surface area contributed by atoms with E-state index in [4.69, 9.17) is 16.1 Å². The minimum Gasteiger partial charge on any atom is -0.507 e. The average molecular weight is 373 g/mol. The molecule has 0 atom stereocenters. The van der Waals surface area contributed by atoms with Crippen molar-refractivity contribution >= 4 is 22.6 Å². The number of aromatic hydroxyl groups is 1. The Morgan fingerprint density at radius 2 is 1.73 bits per heavy atom. The van der Waals surface area contributed by atoms with Crippen LogP contribution in [0.15, 0.2) is 40.9 Å². The molecule has 0 radical (unpaired) electrons. The molecule has 0 bridgehead atoms. The Morgan fingerprint density at radius 3 is 2.38 bits per heavy atom. The summed E-state index contributed by atoms with van der Waals surface area (Å²) in [5, 5.41) is 16.3. The van der Waals surface area contributed by atoms with Crippen LogP contribution in [-0.2, 0) is 13.0 Å².